The normalized spacial score (nSPS) is 10.4. The van der Waals surface area contributed by atoms with Crippen LogP contribution in [0.3, 0.4) is 0 Å². The van der Waals surface area contributed by atoms with Crippen molar-refractivity contribution >= 4 is 17.0 Å². The quantitative estimate of drug-likeness (QED) is 0.795. The van der Waals surface area contributed by atoms with Gasteiger partial charge in [0.25, 0.3) is 0 Å². The highest BCUT2D eigenvalue weighted by atomic mass is 32.1. The molecule has 1 N–H and O–H groups in total. The number of thiazole rings is 1. The van der Waals surface area contributed by atoms with Gasteiger partial charge < -0.3 is 5.32 Å². The maximum atomic E-state index is 4.60. The van der Waals surface area contributed by atoms with Gasteiger partial charge in [-0.2, -0.15) is 0 Å². The van der Waals surface area contributed by atoms with Crippen molar-refractivity contribution in [3.05, 3.63) is 59.5 Å². The van der Waals surface area contributed by atoms with Gasteiger partial charge in [0.05, 0.1) is 29.8 Å². The highest BCUT2D eigenvalue weighted by Gasteiger charge is 2.05. The van der Waals surface area contributed by atoms with Crippen LogP contribution in [0, 0.1) is 6.92 Å². The summed E-state index contributed by atoms with van der Waals surface area (Å²) in [6, 6.07) is 7.84. The predicted molar refractivity (Wildman–Crippen MR) is 81.6 cm³/mol. The van der Waals surface area contributed by atoms with Crippen molar-refractivity contribution in [2.75, 3.05) is 5.32 Å². The molecule has 0 aliphatic heterocycles. The molecule has 0 fully saturated rings. The van der Waals surface area contributed by atoms with Gasteiger partial charge >= 0.3 is 0 Å². The van der Waals surface area contributed by atoms with E-state index < -0.39 is 0 Å². The largest absolute Gasteiger partial charge is 0.378 e. The summed E-state index contributed by atoms with van der Waals surface area (Å²) >= 11 is 1.61. The zero-order valence-electron chi connectivity index (χ0n) is 11.1. The second kappa shape index (κ2) is 5.79. The van der Waals surface area contributed by atoms with Gasteiger partial charge in [-0.05, 0) is 30.7 Å². The number of aromatic nitrogens is 3. The first-order valence-corrected chi connectivity index (χ1v) is 7.21. The number of nitrogens with one attached hydrogen (secondary N) is 1. The first kappa shape index (κ1) is 12.7. The molecule has 0 atom stereocenters. The number of aryl methyl sites for hydroxylation is 1. The second-order valence-corrected chi connectivity index (χ2v) is 5.26. The van der Waals surface area contributed by atoms with Gasteiger partial charge in [0.2, 0.25) is 0 Å². The molecule has 0 amide bonds. The van der Waals surface area contributed by atoms with E-state index in [2.05, 4.69) is 32.6 Å². The number of hydrogen-bond acceptors (Lipinski definition) is 5. The maximum Gasteiger partial charge on any atom is 0.142 e. The Bertz CT molecular complexity index is 694. The van der Waals surface area contributed by atoms with Gasteiger partial charge in [0.1, 0.15) is 5.01 Å². The van der Waals surface area contributed by atoms with Crippen LogP contribution < -0.4 is 5.32 Å². The van der Waals surface area contributed by atoms with E-state index in [9.17, 15) is 0 Å². The fourth-order valence-electron chi connectivity index (χ4n) is 1.83. The van der Waals surface area contributed by atoms with E-state index in [4.69, 9.17) is 0 Å². The van der Waals surface area contributed by atoms with E-state index in [0.29, 0.717) is 6.54 Å². The number of hydrogen-bond donors (Lipinski definition) is 1. The second-order valence-electron chi connectivity index (χ2n) is 4.40. The Labute approximate surface area is 121 Å². The van der Waals surface area contributed by atoms with E-state index in [1.54, 1.807) is 23.7 Å². The van der Waals surface area contributed by atoms with Crippen LogP contribution in [0.4, 0.5) is 5.69 Å². The molecule has 4 nitrogen and oxygen atoms in total. The lowest BCUT2D eigenvalue weighted by Crippen LogP contribution is -2.01. The average Bonchev–Trinajstić information content (AvgIpc) is 2.96. The summed E-state index contributed by atoms with van der Waals surface area (Å²) in [7, 11) is 0. The molecule has 20 heavy (non-hydrogen) atoms. The molecule has 0 aromatic carbocycles. The Balaban J connectivity index is 1.71. The monoisotopic (exact) mass is 282 g/mol. The van der Waals surface area contributed by atoms with Gasteiger partial charge in [0, 0.05) is 17.8 Å². The third-order valence-electron chi connectivity index (χ3n) is 2.93. The molecule has 0 aliphatic carbocycles. The number of anilines is 1. The number of rotatable bonds is 4. The molecule has 0 radical (unpaired) electrons. The minimum Gasteiger partial charge on any atom is -0.378 e. The van der Waals surface area contributed by atoms with Gasteiger partial charge in [-0.3, -0.25) is 9.97 Å². The topological polar surface area (TPSA) is 50.7 Å². The molecule has 0 saturated heterocycles. The lowest BCUT2D eigenvalue weighted by atomic mass is 10.2. The fourth-order valence-corrected chi connectivity index (χ4v) is 2.63. The molecule has 0 unspecified atom stereocenters. The Kier molecular flexibility index (Phi) is 3.69. The third kappa shape index (κ3) is 2.83. The summed E-state index contributed by atoms with van der Waals surface area (Å²) < 4.78 is 0. The summed E-state index contributed by atoms with van der Waals surface area (Å²) in [6.45, 7) is 2.75. The van der Waals surface area contributed by atoms with E-state index in [1.807, 2.05) is 30.5 Å². The summed E-state index contributed by atoms with van der Waals surface area (Å²) in [4.78, 5) is 13.0. The lowest BCUT2D eigenvalue weighted by Gasteiger charge is -2.06. The smallest absolute Gasteiger partial charge is 0.142 e. The van der Waals surface area contributed by atoms with Crippen molar-refractivity contribution < 1.29 is 0 Å². The molecule has 100 valence electrons. The molecule has 3 aromatic rings. The molecular formula is C15H14N4S. The first-order valence-electron chi connectivity index (χ1n) is 6.33. The van der Waals surface area contributed by atoms with Gasteiger partial charge in [-0.1, -0.05) is 6.07 Å². The van der Waals surface area contributed by atoms with E-state index in [1.165, 1.54) is 5.56 Å². The van der Waals surface area contributed by atoms with Crippen LogP contribution >= 0.6 is 11.3 Å². The number of nitrogens with zero attached hydrogens (tertiary/aromatic N) is 3. The fraction of sp³-hybridized carbons (Fsp3) is 0.133. The van der Waals surface area contributed by atoms with Crippen molar-refractivity contribution in [2.24, 2.45) is 0 Å². The van der Waals surface area contributed by atoms with Crippen molar-refractivity contribution in [3.8, 4) is 10.7 Å². The summed E-state index contributed by atoms with van der Waals surface area (Å²) in [5, 5.41) is 6.36. The van der Waals surface area contributed by atoms with Crippen LogP contribution in [-0.4, -0.2) is 15.0 Å². The van der Waals surface area contributed by atoms with E-state index in [-0.39, 0.29) is 0 Å². The lowest BCUT2D eigenvalue weighted by molar-refractivity contribution is 1.06. The summed E-state index contributed by atoms with van der Waals surface area (Å²) in [5.41, 5.74) is 4.15. The molecule has 0 bridgehead atoms. The molecule has 0 aliphatic rings. The molecular weight excluding hydrogens is 268 g/mol. The van der Waals surface area contributed by atoms with Crippen LogP contribution in [0.2, 0.25) is 0 Å². The molecule has 0 saturated carbocycles. The molecule has 3 heterocycles. The highest BCUT2D eigenvalue weighted by Crippen LogP contribution is 2.22. The average molecular weight is 282 g/mol. The van der Waals surface area contributed by atoms with Gasteiger partial charge in [-0.25, -0.2) is 4.98 Å². The zero-order chi connectivity index (χ0) is 13.8. The third-order valence-corrected chi connectivity index (χ3v) is 3.85. The van der Waals surface area contributed by atoms with Crippen molar-refractivity contribution in [2.45, 2.75) is 13.5 Å². The van der Waals surface area contributed by atoms with E-state index >= 15 is 0 Å². The molecule has 5 heteroatoms. The zero-order valence-corrected chi connectivity index (χ0v) is 11.9. The van der Waals surface area contributed by atoms with E-state index in [0.717, 1.165) is 22.1 Å². The summed E-state index contributed by atoms with van der Waals surface area (Å²) in [5.74, 6) is 0. The Hall–Kier alpha value is -2.27. The first-order chi connectivity index (χ1) is 9.83. The molecule has 3 aromatic heterocycles. The molecule has 0 spiro atoms. The Morgan fingerprint density at radius 1 is 1.20 bits per heavy atom. The highest BCUT2D eigenvalue weighted by molar-refractivity contribution is 7.13. The Morgan fingerprint density at radius 3 is 2.95 bits per heavy atom. The van der Waals surface area contributed by atoms with Crippen LogP contribution in [0.15, 0.2) is 48.2 Å². The predicted octanol–water partition coefficient (Wildman–Crippen LogP) is 3.52. The minimum absolute atomic E-state index is 0.690. The van der Waals surface area contributed by atoms with Crippen LogP contribution in [0.5, 0.6) is 0 Å². The number of pyridine rings is 2. The maximum absolute atomic E-state index is 4.60. The molecule has 3 rings (SSSR count). The minimum atomic E-state index is 0.690. The van der Waals surface area contributed by atoms with Gasteiger partial charge in [-0.15, -0.1) is 11.3 Å². The van der Waals surface area contributed by atoms with Crippen molar-refractivity contribution in [1.82, 2.24) is 15.0 Å². The Morgan fingerprint density at radius 2 is 2.15 bits per heavy atom. The van der Waals surface area contributed by atoms with Crippen LogP contribution in [0.1, 0.15) is 11.3 Å². The standard InChI is InChI=1S/C15H14N4S/c1-11-5-7-16-9-14(11)18-8-12-10-20-15(19-12)13-4-2-3-6-17-13/h2-7,9-10,18H,8H2,1H3. The van der Waals surface area contributed by atoms with Crippen molar-refractivity contribution in [3.63, 3.8) is 0 Å². The van der Waals surface area contributed by atoms with Crippen LogP contribution in [-0.2, 0) is 6.54 Å². The van der Waals surface area contributed by atoms with Crippen molar-refractivity contribution in [1.29, 1.82) is 0 Å². The van der Waals surface area contributed by atoms with Gasteiger partial charge in [0.15, 0.2) is 0 Å². The summed E-state index contributed by atoms with van der Waals surface area (Å²) in [6.07, 6.45) is 5.41. The van der Waals surface area contributed by atoms with Crippen LogP contribution in [0.25, 0.3) is 10.7 Å². The SMILES string of the molecule is Cc1ccncc1NCc1csc(-c2ccccn2)n1.